The molecule has 0 saturated heterocycles. The molecule has 0 aliphatic rings. The van der Waals surface area contributed by atoms with Crippen molar-refractivity contribution in [3.05, 3.63) is 35.0 Å². The Bertz CT molecular complexity index is 816. The average molecular weight is 358 g/mol. The van der Waals surface area contributed by atoms with Crippen molar-refractivity contribution in [2.45, 2.75) is 19.4 Å². The van der Waals surface area contributed by atoms with E-state index in [-0.39, 0.29) is 11.9 Å². The normalized spacial score (nSPS) is 13.4. The summed E-state index contributed by atoms with van der Waals surface area (Å²) in [4.78, 5) is 15.3. The molecule has 1 aromatic heterocycles. The maximum atomic E-state index is 12.2. The molecule has 0 bridgehead atoms. The predicted molar refractivity (Wildman–Crippen MR) is 92.3 cm³/mol. The second-order valence-electron chi connectivity index (χ2n) is 5.66. The van der Waals surface area contributed by atoms with Gasteiger partial charge in [-0.2, -0.15) is 0 Å². The summed E-state index contributed by atoms with van der Waals surface area (Å²) < 4.78 is 23.9. The topological polar surface area (TPSA) is 82.3 Å². The van der Waals surface area contributed by atoms with Crippen LogP contribution in [0.1, 0.15) is 23.8 Å². The van der Waals surface area contributed by atoms with Crippen LogP contribution in [-0.2, 0) is 10.0 Å². The van der Waals surface area contributed by atoms with E-state index in [0.29, 0.717) is 23.7 Å². The number of nitrogens with zero attached hydrogens (tertiary/aromatic N) is 1. The van der Waals surface area contributed by atoms with Gasteiger partial charge in [0.1, 0.15) is 5.69 Å². The Balaban J connectivity index is 1.97. The third-order valence-corrected chi connectivity index (χ3v) is 5.20. The maximum Gasteiger partial charge on any atom is 0.267 e. The average Bonchev–Trinajstić information content (AvgIpc) is 2.86. The van der Waals surface area contributed by atoms with Gasteiger partial charge < -0.3 is 10.3 Å². The molecule has 0 aliphatic heterocycles. The smallest absolute Gasteiger partial charge is 0.267 e. The number of benzene rings is 1. The van der Waals surface area contributed by atoms with E-state index in [1.54, 1.807) is 18.2 Å². The molecule has 8 heteroatoms. The fourth-order valence-corrected chi connectivity index (χ4v) is 2.76. The molecular weight excluding hydrogens is 338 g/mol. The van der Waals surface area contributed by atoms with E-state index in [1.807, 2.05) is 13.0 Å². The van der Waals surface area contributed by atoms with Crippen LogP contribution in [0.4, 0.5) is 0 Å². The summed E-state index contributed by atoms with van der Waals surface area (Å²) in [6, 6.07) is 6.95. The Kier molecular flexibility index (Phi) is 5.33. The number of carbonyl (C=O) groups excluding carboxylic acids is 1. The fourth-order valence-electron chi connectivity index (χ4n) is 2.14. The summed E-state index contributed by atoms with van der Waals surface area (Å²) in [5.41, 5.74) is 1.29. The van der Waals surface area contributed by atoms with Crippen LogP contribution in [0.5, 0.6) is 0 Å². The molecule has 2 aromatic rings. The zero-order chi connectivity index (χ0) is 17.2. The standard InChI is InChI=1S/C15H20ClN3O3S/c1-10(6-7-19(2)23(3,21)22)17-15(20)14-9-11-8-12(16)4-5-13(11)18-14/h4-5,8-10,18H,6-7H2,1-3H3,(H,17,20). The maximum absolute atomic E-state index is 12.2. The van der Waals surface area contributed by atoms with E-state index in [0.717, 1.165) is 17.2 Å². The first-order valence-electron chi connectivity index (χ1n) is 7.17. The number of aromatic amines is 1. The summed E-state index contributed by atoms with van der Waals surface area (Å²) in [6.07, 6.45) is 1.69. The van der Waals surface area contributed by atoms with Crippen molar-refractivity contribution in [2.24, 2.45) is 0 Å². The van der Waals surface area contributed by atoms with Gasteiger partial charge in [0.15, 0.2) is 0 Å². The van der Waals surface area contributed by atoms with E-state index in [2.05, 4.69) is 10.3 Å². The molecule has 2 rings (SSSR count). The quantitative estimate of drug-likeness (QED) is 0.831. The summed E-state index contributed by atoms with van der Waals surface area (Å²) in [6.45, 7) is 2.19. The van der Waals surface area contributed by atoms with Gasteiger partial charge in [0.25, 0.3) is 5.91 Å². The second-order valence-corrected chi connectivity index (χ2v) is 8.19. The Labute approximate surface area is 140 Å². The monoisotopic (exact) mass is 357 g/mol. The van der Waals surface area contributed by atoms with E-state index < -0.39 is 10.0 Å². The second kappa shape index (κ2) is 6.90. The summed E-state index contributed by atoms with van der Waals surface area (Å²) >= 11 is 5.93. The molecule has 0 aliphatic carbocycles. The molecule has 1 unspecified atom stereocenters. The lowest BCUT2D eigenvalue weighted by molar-refractivity contribution is 0.0933. The van der Waals surface area contributed by atoms with Crippen LogP contribution in [0.3, 0.4) is 0 Å². The number of nitrogens with one attached hydrogen (secondary N) is 2. The van der Waals surface area contributed by atoms with Gasteiger partial charge in [-0.25, -0.2) is 12.7 Å². The summed E-state index contributed by atoms with van der Waals surface area (Å²) in [7, 11) is -1.68. The number of hydrogen-bond acceptors (Lipinski definition) is 3. The van der Waals surface area contributed by atoms with Gasteiger partial charge in [-0.05, 0) is 37.6 Å². The number of halogens is 1. The van der Waals surface area contributed by atoms with E-state index in [9.17, 15) is 13.2 Å². The lowest BCUT2D eigenvalue weighted by Gasteiger charge is -2.18. The van der Waals surface area contributed by atoms with Crippen molar-refractivity contribution in [1.82, 2.24) is 14.6 Å². The lowest BCUT2D eigenvalue weighted by Crippen LogP contribution is -2.36. The third kappa shape index (κ3) is 4.70. The first-order chi connectivity index (χ1) is 10.7. The van der Waals surface area contributed by atoms with Crippen molar-refractivity contribution in [3.63, 3.8) is 0 Å². The predicted octanol–water partition coefficient (Wildman–Crippen LogP) is 2.22. The molecule has 0 radical (unpaired) electrons. The Morgan fingerprint density at radius 2 is 2.09 bits per heavy atom. The Hall–Kier alpha value is -1.57. The minimum Gasteiger partial charge on any atom is -0.351 e. The third-order valence-electron chi connectivity index (χ3n) is 3.65. The van der Waals surface area contributed by atoms with Crippen LogP contribution >= 0.6 is 11.6 Å². The number of carbonyl (C=O) groups is 1. The van der Waals surface area contributed by atoms with Crippen molar-refractivity contribution < 1.29 is 13.2 Å². The van der Waals surface area contributed by atoms with E-state index in [1.165, 1.54) is 11.4 Å². The number of sulfonamides is 1. The largest absolute Gasteiger partial charge is 0.351 e. The molecule has 0 fully saturated rings. The number of fused-ring (bicyclic) bond motifs is 1. The Morgan fingerprint density at radius 1 is 1.39 bits per heavy atom. The molecule has 1 heterocycles. The van der Waals surface area contributed by atoms with Crippen molar-refractivity contribution in [1.29, 1.82) is 0 Å². The lowest BCUT2D eigenvalue weighted by atomic mass is 10.2. The molecule has 126 valence electrons. The number of rotatable bonds is 6. The van der Waals surface area contributed by atoms with Gasteiger partial charge in [-0.1, -0.05) is 11.6 Å². The van der Waals surface area contributed by atoms with E-state index in [4.69, 9.17) is 11.6 Å². The highest BCUT2D eigenvalue weighted by atomic mass is 35.5. The van der Waals surface area contributed by atoms with Crippen molar-refractivity contribution >= 4 is 38.4 Å². The first-order valence-corrected chi connectivity index (χ1v) is 9.40. The number of H-pyrrole nitrogens is 1. The van der Waals surface area contributed by atoms with Gasteiger partial charge in [0.05, 0.1) is 6.26 Å². The highest BCUT2D eigenvalue weighted by Gasteiger charge is 2.15. The number of aromatic nitrogens is 1. The van der Waals surface area contributed by atoms with Crippen LogP contribution in [-0.4, -0.2) is 49.5 Å². The molecule has 6 nitrogen and oxygen atoms in total. The van der Waals surface area contributed by atoms with Gasteiger partial charge in [-0.15, -0.1) is 0 Å². The molecule has 1 aromatic carbocycles. The van der Waals surface area contributed by atoms with Gasteiger partial charge >= 0.3 is 0 Å². The van der Waals surface area contributed by atoms with Gasteiger partial charge in [0.2, 0.25) is 10.0 Å². The number of hydrogen-bond donors (Lipinski definition) is 2. The van der Waals surface area contributed by atoms with Crippen molar-refractivity contribution in [2.75, 3.05) is 19.8 Å². The summed E-state index contributed by atoms with van der Waals surface area (Å²) in [5.74, 6) is -0.230. The van der Waals surface area contributed by atoms with Crippen LogP contribution in [0.15, 0.2) is 24.3 Å². The molecule has 23 heavy (non-hydrogen) atoms. The zero-order valence-electron chi connectivity index (χ0n) is 13.3. The highest BCUT2D eigenvalue weighted by molar-refractivity contribution is 7.88. The first kappa shape index (κ1) is 17.8. The van der Waals surface area contributed by atoms with Crippen LogP contribution in [0, 0.1) is 0 Å². The molecular formula is C15H20ClN3O3S. The minimum atomic E-state index is -3.20. The molecule has 0 spiro atoms. The van der Waals surface area contributed by atoms with Gasteiger partial charge in [-0.3, -0.25) is 4.79 Å². The zero-order valence-corrected chi connectivity index (χ0v) is 14.8. The molecule has 1 amide bonds. The minimum absolute atomic E-state index is 0.151. The molecule has 2 N–H and O–H groups in total. The fraction of sp³-hybridized carbons (Fsp3) is 0.400. The number of amides is 1. The molecule has 0 saturated carbocycles. The van der Waals surface area contributed by atoms with Crippen LogP contribution < -0.4 is 5.32 Å². The molecule has 1 atom stereocenters. The van der Waals surface area contributed by atoms with Crippen molar-refractivity contribution in [3.8, 4) is 0 Å². The SMILES string of the molecule is CC(CCN(C)S(C)(=O)=O)NC(=O)c1cc2cc(Cl)ccc2[nH]1. The van der Waals surface area contributed by atoms with Crippen LogP contribution in [0.25, 0.3) is 10.9 Å². The Morgan fingerprint density at radius 3 is 2.74 bits per heavy atom. The summed E-state index contributed by atoms with van der Waals surface area (Å²) in [5, 5.41) is 4.33. The van der Waals surface area contributed by atoms with Crippen LogP contribution in [0.2, 0.25) is 5.02 Å². The van der Waals surface area contributed by atoms with Gasteiger partial charge in [0, 0.05) is 35.6 Å². The van der Waals surface area contributed by atoms with E-state index >= 15 is 0 Å². The highest BCUT2D eigenvalue weighted by Crippen LogP contribution is 2.20.